The summed E-state index contributed by atoms with van der Waals surface area (Å²) in [5.74, 6) is 0. The second-order valence-corrected chi connectivity index (χ2v) is 4.47. The number of hydrogen-bond donors (Lipinski definition) is 1. The van der Waals surface area contributed by atoms with Gasteiger partial charge in [-0.25, -0.2) is 0 Å². The van der Waals surface area contributed by atoms with Crippen molar-refractivity contribution in [2.75, 3.05) is 26.2 Å². The molecular weight excluding hydrogens is 184 g/mol. The number of likely N-dealkylation sites (tertiary alicyclic amines) is 1. The number of nitrogens with one attached hydrogen (secondary N) is 1. The Balaban J connectivity index is 1.81. The van der Waals surface area contributed by atoms with Gasteiger partial charge in [-0.05, 0) is 51.5 Å². The molecule has 1 aliphatic rings. The van der Waals surface area contributed by atoms with Gasteiger partial charge in [0.1, 0.15) is 0 Å². The van der Waals surface area contributed by atoms with Crippen molar-refractivity contribution in [1.82, 2.24) is 10.2 Å². The monoisotopic (exact) mass is 210 g/mol. The molecule has 0 amide bonds. The summed E-state index contributed by atoms with van der Waals surface area (Å²) in [5.41, 5.74) is 0. The summed E-state index contributed by atoms with van der Waals surface area (Å²) in [5, 5.41) is 3.14. The Morgan fingerprint density at radius 3 is 2.47 bits per heavy atom. The Morgan fingerprint density at radius 2 is 1.73 bits per heavy atom. The molecule has 1 saturated heterocycles. The molecule has 0 atom stereocenters. The molecule has 88 valence electrons. The highest BCUT2D eigenvalue weighted by Gasteiger charge is 2.08. The van der Waals surface area contributed by atoms with Crippen LogP contribution in [-0.4, -0.2) is 31.1 Å². The fraction of sp³-hybridized carbons (Fsp3) is 0.846. The highest BCUT2D eigenvalue weighted by molar-refractivity contribution is 4.65. The second-order valence-electron chi connectivity index (χ2n) is 4.47. The fourth-order valence-corrected chi connectivity index (χ4v) is 2.20. The van der Waals surface area contributed by atoms with Crippen LogP contribution in [0, 0.1) is 0 Å². The quantitative estimate of drug-likeness (QED) is 0.620. The largest absolute Gasteiger partial charge is 0.391 e. The summed E-state index contributed by atoms with van der Waals surface area (Å²) in [7, 11) is 0. The standard InChI is InChI=1S/C13H26N2/c1-2-14-10-6-3-4-7-11-15-12-8-5-9-13-15/h2,14H,1,3-13H2. The molecule has 0 radical (unpaired) electrons. The first-order valence-electron chi connectivity index (χ1n) is 6.50. The summed E-state index contributed by atoms with van der Waals surface area (Å²) in [6.07, 6.45) is 11.5. The van der Waals surface area contributed by atoms with Gasteiger partial charge in [-0.1, -0.05) is 25.8 Å². The zero-order valence-corrected chi connectivity index (χ0v) is 10.0. The molecule has 0 saturated carbocycles. The van der Waals surface area contributed by atoms with E-state index in [1.165, 1.54) is 64.6 Å². The molecule has 0 aromatic carbocycles. The normalized spacial score (nSPS) is 17.6. The maximum absolute atomic E-state index is 3.64. The molecule has 1 aliphatic heterocycles. The number of piperidine rings is 1. The molecule has 1 rings (SSSR count). The molecule has 2 nitrogen and oxygen atoms in total. The maximum Gasteiger partial charge on any atom is 0.0141 e. The van der Waals surface area contributed by atoms with Crippen LogP contribution >= 0.6 is 0 Å². The summed E-state index contributed by atoms with van der Waals surface area (Å²) in [6.45, 7) is 8.75. The molecule has 0 bridgehead atoms. The van der Waals surface area contributed by atoms with Crippen LogP contribution in [0.5, 0.6) is 0 Å². The van der Waals surface area contributed by atoms with Crippen LogP contribution in [-0.2, 0) is 0 Å². The average molecular weight is 210 g/mol. The van der Waals surface area contributed by atoms with Crippen molar-refractivity contribution in [2.24, 2.45) is 0 Å². The van der Waals surface area contributed by atoms with Gasteiger partial charge in [0.25, 0.3) is 0 Å². The molecular formula is C13H26N2. The van der Waals surface area contributed by atoms with Gasteiger partial charge >= 0.3 is 0 Å². The average Bonchev–Trinajstić information content (AvgIpc) is 2.29. The molecule has 0 spiro atoms. The highest BCUT2D eigenvalue weighted by atomic mass is 15.1. The Kier molecular flexibility index (Phi) is 7.36. The molecule has 2 heteroatoms. The number of rotatable bonds is 8. The van der Waals surface area contributed by atoms with Crippen molar-refractivity contribution in [2.45, 2.75) is 44.9 Å². The van der Waals surface area contributed by atoms with Crippen LogP contribution in [0.25, 0.3) is 0 Å². The Morgan fingerprint density at radius 1 is 1.00 bits per heavy atom. The van der Waals surface area contributed by atoms with Crippen LogP contribution in [0.3, 0.4) is 0 Å². The van der Waals surface area contributed by atoms with E-state index in [1.807, 2.05) is 0 Å². The van der Waals surface area contributed by atoms with Gasteiger partial charge in [-0.2, -0.15) is 0 Å². The van der Waals surface area contributed by atoms with E-state index in [2.05, 4.69) is 16.8 Å². The minimum Gasteiger partial charge on any atom is -0.391 e. The van der Waals surface area contributed by atoms with Gasteiger partial charge in [-0.15, -0.1) is 0 Å². The Bertz CT molecular complexity index is 151. The minimum atomic E-state index is 1.09. The lowest BCUT2D eigenvalue weighted by Gasteiger charge is -2.26. The third-order valence-corrected chi connectivity index (χ3v) is 3.14. The Hall–Kier alpha value is -0.500. The summed E-state index contributed by atoms with van der Waals surface area (Å²) < 4.78 is 0. The van der Waals surface area contributed by atoms with E-state index < -0.39 is 0 Å². The van der Waals surface area contributed by atoms with E-state index in [0.29, 0.717) is 0 Å². The lowest BCUT2D eigenvalue weighted by molar-refractivity contribution is 0.224. The topological polar surface area (TPSA) is 15.3 Å². The van der Waals surface area contributed by atoms with Crippen LogP contribution in [0.1, 0.15) is 44.9 Å². The van der Waals surface area contributed by atoms with Crippen molar-refractivity contribution in [3.63, 3.8) is 0 Å². The van der Waals surface area contributed by atoms with Crippen molar-refractivity contribution in [3.8, 4) is 0 Å². The zero-order valence-electron chi connectivity index (χ0n) is 10.0. The van der Waals surface area contributed by atoms with E-state index in [0.717, 1.165) is 6.54 Å². The van der Waals surface area contributed by atoms with Crippen LogP contribution in [0.4, 0.5) is 0 Å². The van der Waals surface area contributed by atoms with E-state index in [-0.39, 0.29) is 0 Å². The first kappa shape index (κ1) is 12.6. The van der Waals surface area contributed by atoms with E-state index >= 15 is 0 Å². The molecule has 0 aromatic rings. The van der Waals surface area contributed by atoms with Crippen molar-refractivity contribution in [1.29, 1.82) is 0 Å². The second kappa shape index (κ2) is 8.78. The van der Waals surface area contributed by atoms with Crippen LogP contribution in [0.2, 0.25) is 0 Å². The zero-order chi connectivity index (χ0) is 10.8. The van der Waals surface area contributed by atoms with Gasteiger partial charge in [0.15, 0.2) is 0 Å². The van der Waals surface area contributed by atoms with E-state index in [9.17, 15) is 0 Å². The highest BCUT2D eigenvalue weighted by Crippen LogP contribution is 2.10. The fourth-order valence-electron chi connectivity index (χ4n) is 2.20. The molecule has 0 aliphatic carbocycles. The lowest BCUT2D eigenvalue weighted by Crippen LogP contribution is -2.30. The smallest absolute Gasteiger partial charge is 0.0141 e. The molecule has 1 N–H and O–H groups in total. The van der Waals surface area contributed by atoms with Crippen molar-refractivity contribution >= 4 is 0 Å². The molecule has 15 heavy (non-hydrogen) atoms. The third kappa shape index (κ3) is 6.56. The predicted molar refractivity (Wildman–Crippen MR) is 67.0 cm³/mol. The number of unbranched alkanes of at least 4 members (excludes halogenated alkanes) is 3. The molecule has 0 aromatic heterocycles. The van der Waals surface area contributed by atoms with E-state index in [1.54, 1.807) is 6.20 Å². The minimum absolute atomic E-state index is 1.09. The SMILES string of the molecule is C=CNCCCCCCN1CCCCC1. The van der Waals surface area contributed by atoms with Crippen LogP contribution < -0.4 is 5.32 Å². The Labute approximate surface area is 94.7 Å². The van der Waals surface area contributed by atoms with Gasteiger partial charge in [-0.3, -0.25) is 0 Å². The van der Waals surface area contributed by atoms with Gasteiger partial charge in [0, 0.05) is 6.54 Å². The van der Waals surface area contributed by atoms with Crippen molar-refractivity contribution < 1.29 is 0 Å². The predicted octanol–water partition coefficient (Wildman–Crippen LogP) is 2.77. The third-order valence-electron chi connectivity index (χ3n) is 3.14. The summed E-state index contributed by atoms with van der Waals surface area (Å²) in [4.78, 5) is 2.63. The van der Waals surface area contributed by atoms with E-state index in [4.69, 9.17) is 0 Å². The summed E-state index contributed by atoms with van der Waals surface area (Å²) >= 11 is 0. The first-order valence-corrected chi connectivity index (χ1v) is 6.50. The number of nitrogens with zero attached hydrogens (tertiary/aromatic N) is 1. The maximum atomic E-state index is 3.64. The van der Waals surface area contributed by atoms with Gasteiger partial charge in [0.05, 0.1) is 0 Å². The lowest BCUT2D eigenvalue weighted by atomic mass is 10.1. The first-order chi connectivity index (χ1) is 7.43. The van der Waals surface area contributed by atoms with Gasteiger partial charge < -0.3 is 10.2 Å². The molecule has 1 heterocycles. The molecule has 1 fully saturated rings. The van der Waals surface area contributed by atoms with Crippen molar-refractivity contribution in [3.05, 3.63) is 12.8 Å². The number of hydrogen-bond acceptors (Lipinski definition) is 2. The van der Waals surface area contributed by atoms with Gasteiger partial charge in [0.2, 0.25) is 0 Å². The molecule has 0 unspecified atom stereocenters. The van der Waals surface area contributed by atoms with Crippen LogP contribution in [0.15, 0.2) is 12.8 Å². The summed E-state index contributed by atoms with van der Waals surface area (Å²) in [6, 6.07) is 0.